The molecule has 1 N–H and O–H groups in total. The Kier molecular flexibility index (Phi) is 6.78. The summed E-state index contributed by atoms with van der Waals surface area (Å²) in [7, 11) is 0. The Hall–Kier alpha value is -3.47. The third-order valence-corrected chi connectivity index (χ3v) is 10.1. The molecule has 196 valence electrons. The average Bonchev–Trinajstić information content (AvgIpc) is 3.37. The maximum absolute atomic E-state index is 13.8. The van der Waals surface area contributed by atoms with E-state index in [1.807, 2.05) is 61.5 Å². The number of rotatable bonds is 5. The average molecular weight is 621 g/mol. The van der Waals surface area contributed by atoms with Gasteiger partial charge in [-0.3, -0.25) is 23.7 Å². The molecule has 0 bridgehead atoms. The zero-order valence-electron chi connectivity index (χ0n) is 20.7. The van der Waals surface area contributed by atoms with Gasteiger partial charge in [0.15, 0.2) is 0 Å². The number of nitrogens with zero attached hydrogens (tertiary/aromatic N) is 2. The molecule has 4 aromatic rings. The molecule has 1 aromatic heterocycles. The van der Waals surface area contributed by atoms with Gasteiger partial charge in [0.1, 0.15) is 11.8 Å². The molecule has 3 atom stereocenters. The molecule has 0 spiro atoms. The van der Waals surface area contributed by atoms with Crippen LogP contribution in [0.2, 0.25) is 0 Å². The van der Waals surface area contributed by atoms with Crippen molar-refractivity contribution in [2.45, 2.75) is 29.7 Å². The minimum atomic E-state index is -0.723. The van der Waals surface area contributed by atoms with E-state index in [0.29, 0.717) is 21.3 Å². The molecule has 2 aliphatic heterocycles. The first-order valence-corrected chi connectivity index (χ1v) is 14.8. The Labute approximate surface area is 241 Å². The summed E-state index contributed by atoms with van der Waals surface area (Å²) in [5.41, 5.74) is 3.07. The number of halogens is 1. The fraction of sp³-hybridized carbons (Fsp3) is 0.172. The van der Waals surface area contributed by atoms with Gasteiger partial charge in [0.25, 0.3) is 0 Å². The van der Waals surface area contributed by atoms with Crippen molar-refractivity contribution in [3.63, 3.8) is 0 Å². The van der Waals surface area contributed by atoms with Crippen molar-refractivity contribution >= 4 is 68.1 Å². The molecule has 6 rings (SSSR count). The summed E-state index contributed by atoms with van der Waals surface area (Å²) in [5, 5.41) is 2.68. The van der Waals surface area contributed by atoms with Crippen molar-refractivity contribution in [2.75, 3.05) is 10.2 Å². The lowest BCUT2D eigenvalue weighted by molar-refractivity contribution is -0.122. The van der Waals surface area contributed by atoms with Crippen molar-refractivity contribution in [2.24, 2.45) is 5.92 Å². The number of thiazole rings is 1. The molecule has 1 fully saturated rings. The van der Waals surface area contributed by atoms with E-state index in [-0.39, 0.29) is 29.1 Å². The number of carbonyl (C=O) groups is 3. The van der Waals surface area contributed by atoms with E-state index in [9.17, 15) is 19.2 Å². The molecule has 7 nitrogen and oxygen atoms in total. The highest BCUT2D eigenvalue weighted by molar-refractivity contribution is 9.10. The lowest BCUT2D eigenvalue weighted by Crippen LogP contribution is -2.33. The van der Waals surface area contributed by atoms with Crippen molar-refractivity contribution in [3.8, 4) is 0 Å². The van der Waals surface area contributed by atoms with Crippen LogP contribution in [0, 0.1) is 12.8 Å². The SMILES string of the molecule is Cc1ccc(NC(=O)Cn2c3c(sc2=O)[C@H](c2ccc(Br)cc2)C2C(=O)N(c4ccccc4)C(=O)C2S3)cc1. The summed E-state index contributed by atoms with van der Waals surface area (Å²) in [4.78, 5) is 55.4. The van der Waals surface area contributed by atoms with Crippen molar-refractivity contribution in [1.82, 2.24) is 4.57 Å². The second-order valence-corrected chi connectivity index (χ2v) is 12.5. The molecular formula is C29H22BrN3O4S2. The molecule has 0 aliphatic carbocycles. The van der Waals surface area contributed by atoms with Crippen LogP contribution in [-0.4, -0.2) is 27.5 Å². The number of fused-ring (bicyclic) bond motifs is 2. The number of benzene rings is 3. The summed E-state index contributed by atoms with van der Waals surface area (Å²) < 4.78 is 2.31. The number of anilines is 2. The number of carbonyl (C=O) groups excluding carboxylic acids is 3. The topological polar surface area (TPSA) is 88.5 Å². The third-order valence-electron chi connectivity index (χ3n) is 6.93. The second-order valence-electron chi connectivity index (χ2n) is 9.48. The van der Waals surface area contributed by atoms with Gasteiger partial charge in [-0.1, -0.05) is 87.1 Å². The van der Waals surface area contributed by atoms with Crippen LogP contribution in [0.25, 0.3) is 0 Å². The van der Waals surface area contributed by atoms with E-state index in [1.54, 1.807) is 24.3 Å². The molecular weight excluding hydrogens is 598 g/mol. The number of aromatic nitrogens is 1. The van der Waals surface area contributed by atoms with Crippen LogP contribution >= 0.6 is 39.0 Å². The first-order chi connectivity index (χ1) is 18.8. The minimum absolute atomic E-state index is 0.194. The number of imide groups is 1. The Morgan fingerprint density at radius 3 is 2.31 bits per heavy atom. The number of aryl methyl sites for hydroxylation is 1. The van der Waals surface area contributed by atoms with Crippen molar-refractivity contribution < 1.29 is 14.4 Å². The molecule has 0 radical (unpaired) electrons. The highest BCUT2D eigenvalue weighted by Crippen LogP contribution is 2.53. The summed E-state index contributed by atoms with van der Waals surface area (Å²) >= 11 is 5.71. The first-order valence-electron chi connectivity index (χ1n) is 12.3. The van der Waals surface area contributed by atoms with E-state index >= 15 is 0 Å². The van der Waals surface area contributed by atoms with E-state index in [1.165, 1.54) is 21.2 Å². The molecule has 10 heteroatoms. The van der Waals surface area contributed by atoms with E-state index in [4.69, 9.17) is 0 Å². The van der Waals surface area contributed by atoms with Gasteiger partial charge < -0.3 is 5.32 Å². The van der Waals surface area contributed by atoms with E-state index in [0.717, 1.165) is 26.9 Å². The smallest absolute Gasteiger partial charge is 0.308 e. The van der Waals surface area contributed by atoms with Crippen LogP contribution in [0.5, 0.6) is 0 Å². The standard InChI is InChI=1S/C29H22BrN3O4S2/c1-16-7-13-19(14-8-16)31-21(34)15-32-28-25(39-29(32)37)22(17-9-11-18(30)12-10-17)23-24(38-28)27(36)33(26(23)35)20-5-3-2-4-6-20/h2-14,22-24H,15H2,1H3,(H,31,34)/t22-,23?,24?/m1/s1. The summed E-state index contributed by atoms with van der Waals surface area (Å²) in [6.07, 6.45) is 0. The molecule has 1 saturated heterocycles. The van der Waals surface area contributed by atoms with Crippen LogP contribution in [0.15, 0.2) is 93.2 Å². The van der Waals surface area contributed by atoms with Gasteiger partial charge in [-0.05, 0) is 48.9 Å². The van der Waals surface area contributed by atoms with Gasteiger partial charge in [0.05, 0.1) is 16.6 Å². The Morgan fingerprint density at radius 2 is 1.62 bits per heavy atom. The second kappa shape index (κ2) is 10.3. The lowest BCUT2D eigenvalue weighted by Gasteiger charge is -2.30. The maximum atomic E-state index is 13.8. The highest BCUT2D eigenvalue weighted by atomic mass is 79.9. The molecule has 2 unspecified atom stereocenters. The minimum Gasteiger partial charge on any atom is -0.325 e. The zero-order chi connectivity index (χ0) is 27.3. The van der Waals surface area contributed by atoms with Crippen LogP contribution in [0.3, 0.4) is 0 Å². The van der Waals surface area contributed by atoms with Gasteiger partial charge >= 0.3 is 4.87 Å². The molecule has 3 amide bonds. The Morgan fingerprint density at radius 1 is 0.923 bits per heavy atom. The number of hydrogen-bond acceptors (Lipinski definition) is 6. The number of hydrogen-bond donors (Lipinski definition) is 1. The molecule has 39 heavy (non-hydrogen) atoms. The van der Waals surface area contributed by atoms with E-state index in [2.05, 4.69) is 21.2 Å². The number of para-hydroxylation sites is 1. The van der Waals surface area contributed by atoms with Crippen molar-refractivity contribution in [3.05, 3.63) is 109 Å². The number of thioether (sulfide) groups is 1. The van der Waals surface area contributed by atoms with Gasteiger partial charge in [-0.15, -0.1) is 0 Å². The van der Waals surface area contributed by atoms with E-state index < -0.39 is 17.1 Å². The monoisotopic (exact) mass is 619 g/mol. The van der Waals surface area contributed by atoms with Crippen molar-refractivity contribution in [1.29, 1.82) is 0 Å². The van der Waals surface area contributed by atoms with Crippen LogP contribution in [0.1, 0.15) is 21.9 Å². The zero-order valence-corrected chi connectivity index (χ0v) is 23.9. The largest absolute Gasteiger partial charge is 0.325 e. The molecule has 2 aliphatic rings. The van der Waals surface area contributed by atoms with Gasteiger partial charge in [-0.2, -0.15) is 0 Å². The van der Waals surface area contributed by atoms with Gasteiger partial charge in [-0.25, -0.2) is 4.90 Å². The number of nitrogens with one attached hydrogen (secondary N) is 1. The summed E-state index contributed by atoms with van der Waals surface area (Å²) in [6, 6.07) is 23.9. The number of amides is 3. The predicted molar refractivity (Wildman–Crippen MR) is 156 cm³/mol. The molecule has 0 saturated carbocycles. The summed E-state index contributed by atoms with van der Waals surface area (Å²) in [5.74, 6) is -2.12. The highest BCUT2D eigenvalue weighted by Gasteiger charge is 2.56. The Balaban J connectivity index is 1.40. The normalized spacial score (nSPS) is 20.1. The predicted octanol–water partition coefficient (Wildman–Crippen LogP) is 5.42. The Bertz CT molecular complexity index is 1650. The lowest BCUT2D eigenvalue weighted by atomic mass is 9.83. The van der Waals surface area contributed by atoms with Crippen LogP contribution in [0.4, 0.5) is 11.4 Å². The van der Waals surface area contributed by atoms with Crippen LogP contribution in [-0.2, 0) is 20.9 Å². The first kappa shape index (κ1) is 25.8. The fourth-order valence-corrected chi connectivity index (χ4v) is 8.13. The molecule has 3 aromatic carbocycles. The third kappa shape index (κ3) is 4.66. The van der Waals surface area contributed by atoms with Gasteiger partial charge in [0.2, 0.25) is 17.7 Å². The summed E-state index contributed by atoms with van der Waals surface area (Å²) in [6.45, 7) is 1.77. The quantitative estimate of drug-likeness (QED) is 0.302. The fourth-order valence-electron chi connectivity index (χ4n) is 5.10. The van der Waals surface area contributed by atoms with Crippen LogP contribution < -0.4 is 15.1 Å². The van der Waals surface area contributed by atoms with Gasteiger partial charge in [0, 0.05) is 21.0 Å². The molecule has 3 heterocycles. The maximum Gasteiger partial charge on any atom is 0.308 e.